The van der Waals surface area contributed by atoms with Gasteiger partial charge in [0.05, 0.1) is 23.2 Å². The average Bonchev–Trinajstić information content (AvgIpc) is 2.93. The fourth-order valence-electron chi connectivity index (χ4n) is 2.23. The first-order valence-electron chi connectivity index (χ1n) is 6.36. The van der Waals surface area contributed by atoms with Crippen LogP contribution in [0.1, 0.15) is 16.7 Å². The summed E-state index contributed by atoms with van der Waals surface area (Å²) in [5.41, 5.74) is 3.24. The van der Waals surface area contributed by atoms with Crippen molar-refractivity contribution >= 4 is 23.1 Å². The number of hydrogen-bond donors (Lipinski definition) is 1. The molecule has 0 saturated heterocycles. The molecule has 7 heteroatoms. The molecule has 6 nitrogen and oxygen atoms in total. The quantitative estimate of drug-likeness (QED) is 0.693. The van der Waals surface area contributed by atoms with E-state index >= 15 is 0 Å². The van der Waals surface area contributed by atoms with Gasteiger partial charge in [0.1, 0.15) is 0 Å². The highest BCUT2D eigenvalue weighted by atomic mass is 35.5. The van der Waals surface area contributed by atoms with Gasteiger partial charge in [-0.3, -0.25) is 10.1 Å². The smallest absolute Gasteiger partial charge is 0.312 e. The lowest BCUT2D eigenvalue weighted by Crippen LogP contribution is -2.05. The molecule has 0 aliphatic carbocycles. The highest BCUT2D eigenvalue weighted by Gasteiger charge is 2.16. The fraction of sp³-hybridized carbons (Fsp3) is 0.214. The lowest BCUT2D eigenvalue weighted by atomic mass is 10.1. The number of nitro groups is 1. The predicted molar refractivity (Wildman–Crippen MR) is 78.2 cm³/mol. The molecule has 108 valence electrons. The van der Waals surface area contributed by atoms with Gasteiger partial charge in [-0.05, 0) is 16.7 Å². The number of pyridine rings is 1. The molecule has 21 heavy (non-hydrogen) atoms. The minimum atomic E-state index is -0.502. The Kier molecular flexibility index (Phi) is 3.72. The van der Waals surface area contributed by atoms with E-state index in [-0.39, 0.29) is 16.5 Å². The van der Waals surface area contributed by atoms with Gasteiger partial charge < -0.3 is 10.1 Å². The summed E-state index contributed by atoms with van der Waals surface area (Å²) in [5, 5.41) is 14.2. The Morgan fingerprint density at radius 2 is 2.14 bits per heavy atom. The summed E-state index contributed by atoms with van der Waals surface area (Å²) < 4.78 is 5.36. The molecule has 0 saturated carbocycles. The molecule has 2 aromatic rings. The number of rotatable bonds is 4. The van der Waals surface area contributed by atoms with E-state index in [0.29, 0.717) is 19.8 Å². The highest BCUT2D eigenvalue weighted by molar-refractivity contribution is 6.30. The molecule has 1 aliphatic rings. The van der Waals surface area contributed by atoms with Crippen LogP contribution < -0.4 is 5.32 Å². The molecule has 1 aromatic heterocycles. The molecular weight excluding hydrogens is 294 g/mol. The number of nitrogens with one attached hydrogen (secondary N) is 1. The number of ether oxygens (including phenoxy) is 1. The van der Waals surface area contributed by atoms with Crippen LogP contribution in [0.5, 0.6) is 0 Å². The summed E-state index contributed by atoms with van der Waals surface area (Å²) in [6.45, 7) is 1.71. The zero-order valence-electron chi connectivity index (χ0n) is 11.0. The summed E-state index contributed by atoms with van der Waals surface area (Å²) >= 11 is 5.73. The lowest BCUT2D eigenvalue weighted by molar-refractivity contribution is -0.384. The Morgan fingerprint density at radius 3 is 2.95 bits per heavy atom. The maximum Gasteiger partial charge on any atom is 0.312 e. The van der Waals surface area contributed by atoms with Crippen molar-refractivity contribution in [1.82, 2.24) is 4.98 Å². The normalized spacial score (nSPS) is 13.0. The Labute approximate surface area is 125 Å². The van der Waals surface area contributed by atoms with Crippen molar-refractivity contribution in [1.29, 1.82) is 0 Å². The van der Waals surface area contributed by atoms with Crippen molar-refractivity contribution in [3.8, 4) is 0 Å². The average molecular weight is 306 g/mol. The Morgan fingerprint density at radius 1 is 1.33 bits per heavy atom. The molecule has 0 fully saturated rings. The van der Waals surface area contributed by atoms with Gasteiger partial charge in [-0.15, -0.1) is 0 Å². The van der Waals surface area contributed by atoms with Gasteiger partial charge in [0.25, 0.3) is 0 Å². The van der Waals surface area contributed by atoms with Crippen LogP contribution in [0.3, 0.4) is 0 Å². The van der Waals surface area contributed by atoms with Crippen LogP contribution in [-0.2, 0) is 24.5 Å². The largest absolute Gasteiger partial charge is 0.372 e. The Hall–Kier alpha value is -2.18. The molecule has 1 aliphatic heterocycles. The van der Waals surface area contributed by atoms with E-state index < -0.39 is 4.92 Å². The summed E-state index contributed by atoms with van der Waals surface area (Å²) in [6, 6.07) is 7.32. The van der Waals surface area contributed by atoms with Crippen LogP contribution in [-0.4, -0.2) is 9.91 Å². The second-order valence-corrected chi connectivity index (χ2v) is 5.16. The lowest BCUT2D eigenvalue weighted by Gasteiger charge is -2.07. The fourth-order valence-corrected chi connectivity index (χ4v) is 2.38. The van der Waals surface area contributed by atoms with Crippen molar-refractivity contribution < 1.29 is 9.66 Å². The molecule has 1 N–H and O–H groups in total. The van der Waals surface area contributed by atoms with Gasteiger partial charge in [-0.2, -0.15) is 0 Å². The van der Waals surface area contributed by atoms with Crippen LogP contribution in [0.25, 0.3) is 0 Å². The van der Waals surface area contributed by atoms with Crippen molar-refractivity contribution in [2.24, 2.45) is 0 Å². The zero-order chi connectivity index (χ0) is 14.8. The number of nitrogens with zero attached hydrogens (tertiary/aromatic N) is 2. The van der Waals surface area contributed by atoms with Gasteiger partial charge in [0.2, 0.25) is 5.82 Å². The maximum absolute atomic E-state index is 11.0. The third kappa shape index (κ3) is 2.96. The van der Waals surface area contributed by atoms with E-state index in [1.54, 1.807) is 0 Å². The molecule has 0 bridgehead atoms. The van der Waals surface area contributed by atoms with Crippen LogP contribution in [0.2, 0.25) is 5.02 Å². The topological polar surface area (TPSA) is 77.3 Å². The van der Waals surface area contributed by atoms with Crippen molar-refractivity contribution in [3.05, 3.63) is 62.3 Å². The van der Waals surface area contributed by atoms with Crippen LogP contribution >= 0.6 is 11.6 Å². The Balaban J connectivity index is 1.77. The minimum Gasteiger partial charge on any atom is -0.372 e. The molecule has 2 heterocycles. The summed E-state index contributed by atoms with van der Waals surface area (Å²) in [4.78, 5) is 14.5. The van der Waals surface area contributed by atoms with Gasteiger partial charge in [0, 0.05) is 18.8 Å². The first-order chi connectivity index (χ1) is 10.1. The van der Waals surface area contributed by atoms with Crippen molar-refractivity contribution in [3.63, 3.8) is 0 Å². The van der Waals surface area contributed by atoms with E-state index in [2.05, 4.69) is 10.3 Å². The van der Waals surface area contributed by atoms with Crippen molar-refractivity contribution in [2.45, 2.75) is 19.8 Å². The number of anilines is 1. The Bertz CT molecular complexity index is 706. The van der Waals surface area contributed by atoms with E-state index in [4.69, 9.17) is 16.3 Å². The van der Waals surface area contributed by atoms with E-state index in [9.17, 15) is 10.1 Å². The second-order valence-electron chi connectivity index (χ2n) is 4.73. The maximum atomic E-state index is 11.0. The summed E-state index contributed by atoms with van der Waals surface area (Å²) in [7, 11) is 0. The predicted octanol–water partition coefficient (Wildman–Crippen LogP) is 3.29. The highest BCUT2D eigenvalue weighted by Crippen LogP contribution is 2.26. The second kappa shape index (κ2) is 5.67. The van der Waals surface area contributed by atoms with Gasteiger partial charge in [-0.1, -0.05) is 29.8 Å². The van der Waals surface area contributed by atoms with Gasteiger partial charge in [0.15, 0.2) is 0 Å². The zero-order valence-corrected chi connectivity index (χ0v) is 11.8. The molecule has 0 radical (unpaired) electrons. The van der Waals surface area contributed by atoms with Crippen LogP contribution in [0.15, 0.2) is 30.5 Å². The van der Waals surface area contributed by atoms with Crippen LogP contribution in [0, 0.1) is 10.1 Å². The number of aromatic nitrogens is 1. The summed E-state index contributed by atoms with van der Waals surface area (Å²) in [6.07, 6.45) is 1.38. The molecule has 3 rings (SSSR count). The third-order valence-corrected chi connectivity index (χ3v) is 3.48. The van der Waals surface area contributed by atoms with Gasteiger partial charge in [-0.25, -0.2) is 4.98 Å². The molecule has 0 spiro atoms. The van der Waals surface area contributed by atoms with Gasteiger partial charge >= 0.3 is 5.69 Å². The number of hydrogen-bond acceptors (Lipinski definition) is 5. The van der Waals surface area contributed by atoms with Crippen molar-refractivity contribution in [2.75, 3.05) is 5.32 Å². The molecule has 0 atom stereocenters. The van der Waals surface area contributed by atoms with E-state index in [1.807, 2.05) is 18.2 Å². The van der Waals surface area contributed by atoms with E-state index in [1.165, 1.54) is 17.8 Å². The molecular formula is C14H12ClN3O3. The molecule has 0 amide bonds. The number of benzene rings is 1. The first-order valence-corrected chi connectivity index (χ1v) is 6.73. The standard InChI is InChI=1S/C14H12ClN3O3/c15-12-4-13(18(19)20)14(17-6-12)16-5-9-1-2-10-7-21-8-11(10)3-9/h1-4,6H,5,7-8H2,(H,16,17). The van der Waals surface area contributed by atoms with Crippen LogP contribution in [0.4, 0.5) is 11.5 Å². The molecule has 1 aromatic carbocycles. The monoisotopic (exact) mass is 305 g/mol. The first kappa shape index (κ1) is 13.8. The minimum absolute atomic E-state index is 0.132. The third-order valence-electron chi connectivity index (χ3n) is 3.28. The van der Waals surface area contributed by atoms with E-state index in [0.717, 1.165) is 11.1 Å². The number of halogens is 1. The molecule has 0 unspecified atom stereocenters. The number of fused-ring (bicyclic) bond motifs is 1. The SMILES string of the molecule is O=[N+]([O-])c1cc(Cl)cnc1NCc1ccc2c(c1)COC2. The summed E-state index contributed by atoms with van der Waals surface area (Å²) in [5.74, 6) is 0.209.